The third-order valence-electron chi connectivity index (χ3n) is 3.12. The van der Waals surface area contributed by atoms with Crippen molar-refractivity contribution in [2.45, 2.75) is 25.4 Å². The average Bonchev–Trinajstić information content (AvgIpc) is 2.14. The van der Waals surface area contributed by atoms with Gasteiger partial charge in [0.25, 0.3) is 0 Å². The summed E-state index contributed by atoms with van der Waals surface area (Å²) in [6.45, 7) is 5.62. The zero-order chi connectivity index (χ0) is 11.2. The molecule has 1 atom stereocenters. The van der Waals surface area contributed by atoms with E-state index in [9.17, 15) is 9.59 Å². The third-order valence-corrected chi connectivity index (χ3v) is 3.12. The molecule has 0 radical (unpaired) electrons. The SMILES string of the molecule is CN1CCN2C(=O)C(C)(C)NC(=O)C2C1. The fraction of sp³-hybridized carbons (Fsp3) is 0.800. The first-order valence-electron chi connectivity index (χ1n) is 5.23. The van der Waals surface area contributed by atoms with Gasteiger partial charge >= 0.3 is 0 Å². The number of nitrogens with zero attached hydrogens (tertiary/aromatic N) is 2. The lowest BCUT2D eigenvalue weighted by Gasteiger charge is -2.47. The molecule has 2 aliphatic rings. The maximum atomic E-state index is 12.0. The van der Waals surface area contributed by atoms with Crippen molar-refractivity contribution in [2.24, 2.45) is 0 Å². The summed E-state index contributed by atoms with van der Waals surface area (Å²) >= 11 is 0. The van der Waals surface area contributed by atoms with Crippen LogP contribution < -0.4 is 5.32 Å². The summed E-state index contributed by atoms with van der Waals surface area (Å²) in [6, 6.07) is -0.302. The number of amides is 2. The minimum absolute atomic E-state index is 0.0280. The number of rotatable bonds is 0. The van der Waals surface area contributed by atoms with Gasteiger partial charge in [-0.1, -0.05) is 0 Å². The third kappa shape index (κ3) is 1.61. The van der Waals surface area contributed by atoms with Crippen LogP contribution in [-0.2, 0) is 9.59 Å². The Balaban J connectivity index is 2.24. The Labute approximate surface area is 89.4 Å². The van der Waals surface area contributed by atoms with Crippen LogP contribution >= 0.6 is 0 Å². The van der Waals surface area contributed by atoms with Gasteiger partial charge in [0.15, 0.2) is 0 Å². The highest BCUT2D eigenvalue weighted by atomic mass is 16.2. The number of carbonyl (C=O) groups is 2. The van der Waals surface area contributed by atoms with Crippen molar-refractivity contribution >= 4 is 11.8 Å². The van der Waals surface area contributed by atoms with Crippen LogP contribution in [0.15, 0.2) is 0 Å². The van der Waals surface area contributed by atoms with Gasteiger partial charge in [0.2, 0.25) is 11.8 Å². The fourth-order valence-corrected chi connectivity index (χ4v) is 2.19. The molecule has 1 N–H and O–H groups in total. The largest absolute Gasteiger partial charge is 0.340 e. The highest BCUT2D eigenvalue weighted by Gasteiger charge is 2.46. The number of hydrogen-bond acceptors (Lipinski definition) is 3. The van der Waals surface area contributed by atoms with Crippen LogP contribution in [0.25, 0.3) is 0 Å². The quantitative estimate of drug-likeness (QED) is 0.561. The van der Waals surface area contributed by atoms with Gasteiger partial charge in [0.1, 0.15) is 11.6 Å². The van der Waals surface area contributed by atoms with Crippen LogP contribution in [0.1, 0.15) is 13.8 Å². The van der Waals surface area contributed by atoms with E-state index in [-0.39, 0.29) is 17.9 Å². The maximum Gasteiger partial charge on any atom is 0.248 e. The normalized spacial score (nSPS) is 31.1. The first-order chi connectivity index (χ1) is 6.92. The monoisotopic (exact) mass is 211 g/mol. The summed E-state index contributed by atoms with van der Waals surface area (Å²) in [6.07, 6.45) is 0. The molecule has 2 saturated heterocycles. The highest BCUT2D eigenvalue weighted by molar-refractivity contribution is 5.99. The molecule has 2 amide bonds. The topological polar surface area (TPSA) is 52.6 Å². The van der Waals surface area contributed by atoms with Crippen molar-refractivity contribution in [3.63, 3.8) is 0 Å². The Bertz CT molecular complexity index is 314. The number of likely N-dealkylation sites (N-methyl/N-ethyl adjacent to an activating group) is 1. The summed E-state index contributed by atoms with van der Waals surface area (Å²) in [5.74, 6) is -0.00801. The molecule has 5 heteroatoms. The molecule has 2 aliphatic heterocycles. The van der Waals surface area contributed by atoms with Crippen LogP contribution in [-0.4, -0.2) is 59.9 Å². The van der Waals surface area contributed by atoms with Crippen LogP contribution in [0, 0.1) is 0 Å². The zero-order valence-corrected chi connectivity index (χ0v) is 9.41. The molecule has 0 aromatic heterocycles. The van der Waals surface area contributed by atoms with Gasteiger partial charge < -0.3 is 15.1 Å². The second-order valence-electron chi connectivity index (χ2n) is 4.89. The lowest BCUT2D eigenvalue weighted by molar-refractivity contribution is -0.156. The molecule has 2 rings (SSSR count). The molecule has 2 fully saturated rings. The van der Waals surface area contributed by atoms with Gasteiger partial charge in [-0.05, 0) is 20.9 Å². The average molecular weight is 211 g/mol. The van der Waals surface area contributed by atoms with Crippen molar-refractivity contribution in [2.75, 3.05) is 26.7 Å². The van der Waals surface area contributed by atoms with E-state index in [1.165, 1.54) is 0 Å². The van der Waals surface area contributed by atoms with Crippen molar-refractivity contribution < 1.29 is 9.59 Å². The summed E-state index contributed by atoms with van der Waals surface area (Å²) < 4.78 is 0. The van der Waals surface area contributed by atoms with E-state index in [0.29, 0.717) is 13.1 Å². The number of hydrogen-bond donors (Lipinski definition) is 1. The molecule has 2 heterocycles. The van der Waals surface area contributed by atoms with Gasteiger partial charge in [-0.15, -0.1) is 0 Å². The van der Waals surface area contributed by atoms with Crippen molar-refractivity contribution in [3.05, 3.63) is 0 Å². The first-order valence-corrected chi connectivity index (χ1v) is 5.23. The van der Waals surface area contributed by atoms with Crippen LogP contribution in [0.2, 0.25) is 0 Å². The standard InChI is InChI=1S/C10H17N3O2/c1-10(2)9(15)13-5-4-12(3)6-7(13)8(14)11-10/h7H,4-6H2,1-3H3,(H,11,14). The van der Waals surface area contributed by atoms with Gasteiger partial charge in [-0.3, -0.25) is 9.59 Å². The van der Waals surface area contributed by atoms with E-state index in [0.717, 1.165) is 6.54 Å². The predicted octanol–water partition coefficient (Wildman–Crippen LogP) is -0.963. The highest BCUT2D eigenvalue weighted by Crippen LogP contribution is 2.20. The molecular weight excluding hydrogens is 194 g/mol. The minimum atomic E-state index is -0.747. The molecule has 0 aliphatic carbocycles. The first kappa shape index (κ1) is 10.4. The van der Waals surface area contributed by atoms with Gasteiger partial charge in [-0.2, -0.15) is 0 Å². The molecule has 0 saturated carbocycles. The van der Waals surface area contributed by atoms with Crippen LogP contribution in [0.5, 0.6) is 0 Å². The molecular formula is C10H17N3O2. The molecule has 0 bridgehead atoms. The summed E-state index contributed by atoms with van der Waals surface area (Å²) in [4.78, 5) is 27.6. The van der Waals surface area contributed by atoms with Gasteiger partial charge in [0, 0.05) is 19.6 Å². The zero-order valence-electron chi connectivity index (χ0n) is 9.41. The number of piperazine rings is 2. The van der Waals surface area contributed by atoms with E-state index in [1.807, 2.05) is 7.05 Å². The lowest BCUT2D eigenvalue weighted by Crippen LogP contribution is -2.72. The van der Waals surface area contributed by atoms with Gasteiger partial charge in [0.05, 0.1) is 0 Å². The number of nitrogens with one attached hydrogen (secondary N) is 1. The van der Waals surface area contributed by atoms with E-state index >= 15 is 0 Å². The molecule has 0 aromatic carbocycles. The number of fused-ring (bicyclic) bond motifs is 1. The van der Waals surface area contributed by atoms with E-state index in [4.69, 9.17) is 0 Å². The summed E-state index contributed by atoms with van der Waals surface area (Å²) in [5.41, 5.74) is -0.747. The Morgan fingerprint density at radius 3 is 2.67 bits per heavy atom. The Morgan fingerprint density at radius 1 is 1.33 bits per heavy atom. The van der Waals surface area contributed by atoms with Crippen molar-refractivity contribution in [3.8, 4) is 0 Å². The fourth-order valence-electron chi connectivity index (χ4n) is 2.19. The lowest BCUT2D eigenvalue weighted by atomic mass is 9.95. The van der Waals surface area contributed by atoms with Crippen LogP contribution in [0.3, 0.4) is 0 Å². The molecule has 84 valence electrons. The van der Waals surface area contributed by atoms with E-state index in [1.54, 1.807) is 18.7 Å². The second kappa shape index (κ2) is 3.20. The minimum Gasteiger partial charge on any atom is -0.340 e. The van der Waals surface area contributed by atoms with Crippen molar-refractivity contribution in [1.82, 2.24) is 15.1 Å². The van der Waals surface area contributed by atoms with E-state index < -0.39 is 5.54 Å². The Morgan fingerprint density at radius 2 is 2.00 bits per heavy atom. The van der Waals surface area contributed by atoms with Gasteiger partial charge in [-0.25, -0.2) is 0 Å². The molecule has 0 aromatic rings. The Kier molecular flexibility index (Phi) is 2.22. The summed E-state index contributed by atoms with van der Waals surface area (Å²) in [7, 11) is 1.97. The van der Waals surface area contributed by atoms with Crippen molar-refractivity contribution in [1.29, 1.82) is 0 Å². The van der Waals surface area contributed by atoms with E-state index in [2.05, 4.69) is 10.2 Å². The van der Waals surface area contributed by atoms with Crippen LogP contribution in [0.4, 0.5) is 0 Å². The summed E-state index contributed by atoms with van der Waals surface area (Å²) in [5, 5.41) is 2.77. The smallest absolute Gasteiger partial charge is 0.248 e. The second-order valence-corrected chi connectivity index (χ2v) is 4.89. The Hall–Kier alpha value is -1.10. The maximum absolute atomic E-state index is 12.0. The number of carbonyl (C=O) groups excluding carboxylic acids is 2. The molecule has 0 spiro atoms. The predicted molar refractivity (Wildman–Crippen MR) is 55.2 cm³/mol. The molecule has 15 heavy (non-hydrogen) atoms. The molecule has 5 nitrogen and oxygen atoms in total. The molecule has 1 unspecified atom stereocenters.